The molecule has 152 valence electrons. The molecule has 1 atom stereocenters. The van der Waals surface area contributed by atoms with Crippen molar-refractivity contribution in [2.75, 3.05) is 6.54 Å². The summed E-state index contributed by atoms with van der Waals surface area (Å²) in [5.74, 6) is -2.49. The summed E-state index contributed by atoms with van der Waals surface area (Å²) in [5.41, 5.74) is -0.847. The molecule has 0 aliphatic heterocycles. The Hall–Kier alpha value is -3.75. The Morgan fingerprint density at radius 1 is 1.14 bits per heavy atom. The van der Waals surface area contributed by atoms with Crippen LogP contribution < -0.4 is 10.6 Å². The lowest BCUT2D eigenvalue weighted by Crippen LogP contribution is -2.53. The number of nitro benzene ring substituents is 1. The fourth-order valence-corrected chi connectivity index (χ4v) is 2.96. The average Bonchev–Trinajstić information content (AvgIpc) is 2.70. The molecule has 0 aromatic heterocycles. The zero-order valence-electron chi connectivity index (χ0n) is 16.0. The van der Waals surface area contributed by atoms with E-state index in [1.807, 2.05) is 0 Å². The molecule has 0 fully saturated rings. The molecule has 2 aromatic rings. The first-order valence-electron chi connectivity index (χ1n) is 8.84. The van der Waals surface area contributed by atoms with Gasteiger partial charge >= 0.3 is 5.97 Å². The number of amides is 2. The normalized spacial score (nSPS) is 12.5. The van der Waals surface area contributed by atoms with Crippen LogP contribution in [0.25, 0.3) is 0 Å². The van der Waals surface area contributed by atoms with Crippen molar-refractivity contribution in [2.24, 2.45) is 0 Å². The van der Waals surface area contributed by atoms with E-state index in [0.717, 1.165) is 0 Å². The monoisotopic (exact) mass is 399 g/mol. The van der Waals surface area contributed by atoms with Crippen LogP contribution in [0.2, 0.25) is 0 Å². The van der Waals surface area contributed by atoms with Crippen LogP contribution in [0.15, 0.2) is 48.5 Å². The number of nitrogens with zero attached hydrogens (tertiary/aromatic N) is 1. The molecule has 2 aromatic carbocycles. The number of rotatable bonds is 8. The zero-order valence-corrected chi connectivity index (χ0v) is 16.0. The average molecular weight is 399 g/mol. The lowest BCUT2D eigenvalue weighted by atomic mass is 9.87. The van der Waals surface area contributed by atoms with Crippen molar-refractivity contribution in [2.45, 2.75) is 25.8 Å². The lowest BCUT2D eigenvalue weighted by molar-refractivity contribution is -0.385. The molecule has 9 heteroatoms. The second-order valence-electron chi connectivity index (χ2n) is 6.42. The number of benzene rings is 2. The summed E-state index contributed by atoms with van der Waals surface area (Å²) >= 11 is 0. The molecule has 0 saturated heterocycles. The molecule has 2 rings (SSSR count). The van der Waals surface area contributed by atoms with E-state index in [9.17, 15) is 29.6 Å². The maximum Gasteiger partial charge on any atom is 0.334 e. The van der Waals surface area contributed by atoms with Gasteiger partial charge in [0.25, 0.3) is 11.6 Å². The van der Waals surface area contributed by atoms with Gasteiger partial charge in [-0.3, -0.25) is 19.7 Å². The Morgan fingerprint density at radius 3 is 2.31 bits per heavy atom. The Morgan fingerprint density at radius 2 is 1.79 bits per heavy atom. The summed E-state index contributed by atoms with van der Waals surface area (Å²) in [6.45, 7) is 2.69. The smallest absolute Gasteiger partial charge is 0.334 e. The highest BCUT2D eigenvalue weighted by Gasteiger charge is 2.40. The summed E-state index contributed by atoms with van der Waals surface area (Å²) in [6.07, 6.45) is 0.105. The minimum Gasteiger partial charge on any atom is -0.479 e. The van der Waals surface area contributed by atoms with Crippen molar-refractivity contribution in [3.63, 3.8) is 0 Å². The number of carbonyl (C=O) groups excluding carboxylic acids is 2. The number of aryl methyl sites for hydroxylation is 1. The number of hydrogen-bond acceptors (Lipinski definition) is 5. The predicted molar refractivity (Wildman–Crippen MR) is 104 cm³/mol. The van der Waals surface area contributed by atoms with Gasteiger partial charge in [-0.05, 0) is 31.0 Å². The van der Waals surface area contributed by atoms with Crippen LogP contribution in [0, 0.1) is 17.0 Å². The molecule has 0 heterocycles. The third kappa shape index (κ3) is 4.75. The Labute approximate surface area is 166 Å². The number of carboxylic acids is 1. The maximum absolute atomic E-state index is 12.4. The number of nitro groups is 1. The van der Waals surface area contributed by atoms with E-state index in [1.165, 1.54) is 25.1 Å². The van der Waals surface area contributed by atoms with E-state index in [1.54, 1.807) is 37.3 Å². The molecule has 29 heavy (non-hydrogen) atoms. The fraction of sp³-hybridized carbons (Fsp3) is 0.250. The van der Waals surface area contributed by atoms with Gasteiger partial charge in [-0.2, -0.15) is 0 Å². The molecule has 0 radical (unpaired) electrons. The molecule has 2 amide bonds. The molecular weight excluding hydrogens is 378 g/mol. The lowest BCUT2D eigenvalue weighted by Gasteiger charge is -2.30. The van der Waals surface area contributed by atoms with Gasteiger partial charge < -0.3 is 15.7 Å². The van der Waals surface area contributed by atoms with Gasteiger partial charge in [0.2, 0.25) is 5.91 Å². The minimum absolute atomic E-state index is 0.105. The molecule has 0 bridgehead atoms. The van der Waals surface area contributed by atoms with Crippen LogP contribution in [-0.4, -0.2) is 34.4 Å². The van der Waals surface area contributed by atoms with Crippen molar-refractivity contribution in [1.29, 1.82) is 0 Å². The Kier molecular flexibility index (Phi) is 6.66. The van der Waals surface area contributed by atoms with E-state index in [-0.39, 0.29) is 17.7 Å². The van der Waals surface area contributed by atoms with E-state index in [0.29, 0.717) is 11.1 Å². The standard InChI is InChI=1S/C20H21N3O6/c1-3-20(19(26)27,15-7-5-4-6-8-15)22-17(24)12-21-18(25)14-9-10-16(23(28)29)13(2)11-14/h4-11H,3,12H2,1-2H3,(H,21,25)(H,22,24)(H,26,27). The first-order valence-corrected chi connectivity index (χ1v) is 8.84. The molecule has 0 saturated carbocycles. The third-order valence-electron chi connectivity index (χ3n) is 4.58. The zero-order chi connectivity index (χ0) is 21.6. The molecule has 0 spiro atoms. The maximum atomic E-state index is 12.4. The number of hydrogen-bond donors (Lipinski definition) is 3. The molecular formula is C20H21N3O6. The second kappa shape index (κ2) is 8.96. The van der Waals surface area contributed by atoms with Crippen LogP contribution >= 0.6 is 0 Å². The van der Waals surface area contributed by atoms with Gasteiger partial charge in [0, 0.05) is 17.2 Å². The Bertz CT molecular complexity index is 944. The van der Waals surface area contributed by atoms with Crippen LogP contribution in [0.5, 0.6) is 0 Å². The SMILES string of the molecule is CCC(NC(=O)CNC(=O)c1ccc([N+](=O)[O-])c(C)c1)(C(=O)O)c1ccccc1. The summed E-state index contributed by atoms with van der Waals surface area (Å²) in [6, 6.07) is 12.2. The summed E-state index contributed by atoms with van der Waals surface area (Å²) in [5, 5.41) is 25.5. The van der Waals surface area contributed by atoms with Crippen molar-refractivity contribution in [3.8, 4) is 0 Å². The molecule has 9 nitrogen and oxygen atoms in total. The first kappa shape index (κ1) is 21.5. The van der Waals surface area contributed by atoms with Crippen molar-refractivity contribution >= 4 is 23.5 Å². The van der Waals surface area contributed by atoms with Gasteiger partial charge in [0.05, 0.1) is 11.5 Å². The number of carboxylic acid groups (broad SMARTS) is 1. The fourth-order valence-electron chi connectivity index (χ4n) is 2.96. The topological polar surface area (TPSA) is 139 Å². The highest BCUT2D eigenvalue weighted by molar-refractivity contribution is 5.97. The van der Waals surface area contributed by atoms with Crippen molar-refractivity contribution < 1.29 is 24.4 Å². The van der Waals surface area contributed by atoms with Crippen molar-refractivity contribution in [3.05, 3.63) is 75.3 Å². The van der Waals surface area contributed by atoms with Gasteiger partial charge in [-0.15, -0.1) is 0 Å². The first-order chi connectivity index (χ1) is 13.7. The van der Waals surface area contributed by atoms with Gasteiger partial charge in [0.15, 0.2) is 5.54 Å². The van der Waals surface area contributed by atoms with Crippen LogP contribution in [0.4, 0.5) is 5.69 Å². The molecule has 0 aliphatic carbocycles. The van der Waals surface area contributed by atoms with E-state index in [2.05, 4.69) is 10.6 Å². The van der Waals surface area contributed by atoms with Crippen molar-refractivity contribution in [1.82, 2.24) is 10.6 Å². The van der Waals surface area contributed by atoms with Crippen LogP contribution in [0.3, 0.4) is 0 Å². The minimum atomic E-state index is -1.62. The number of aliphatic carboxylic acids is 1. The van der Waals surface area contributed by atoms with E-state index in [4.69, 9.17) is 0 Å². The number of nitrogens with one attached hydrogen (secondary N) is 2. The molecule has 0 aliphatic rings. The van der Waals surface area contributed by atoms with E-state index < -0.39 is 34.8 Å². The summed E-state index contributed by atoms with van der Waals surface area (Å²) in [4.78, 5) is 46.8. The second-order valence-corrected chi connectivity index (χ2v) is 6.42. The van der Waals surface area contributed by atoms with Crippen LogP contribution in [0.1, 0.15) is 34.8 Å². The number of carbonyl (C=O) groups is 3. The summed E-state index contributed by atoms with van der Waals surface area (Å²) < 4.78 is 0. The summed E-state index contributed by atoms with van der Waals surface area (Å²) in [7, 11) is 0. The third-order valence-corrected chi connectivity index (χ3v) is 4.58. The largest absolute Gasteiger partial charge is 0.479 e. The van der Waals surface area contributed by atoms with Crippen LogP contribution in [-0.2, 0) is 15.1 Å². The molecule has 3 N–H and O–H groups in total. The highest BCUT2D eigenvalue weighted by Crippen LogP contribution is 2.25. The van der Waals surface area contributed by atoms with E-state index >= 15 is 0 Å². The highest BCUT2D eigenvalue weighted by atomic mass is 16.6. The van der Waals surface area contributed by atoms with Gasteiger partial charge in [-0.1, -0.05) is 37.3 Å². The predicted octanol–water partition coefficient (Wildman–Crippen LogP) is 2.14. The molecule has 1 unspecified atom stereocenters. The van der Waals surface area contributed by atoms with Gasteiger partial charge in [-0.25, -0.2) is 4.79 Å². The Balaban J connectivity index is 2.09. The quantitative estimate of drug-likeness (QED) is 0.459. The van der Waals surface area contributed by atoms with Gasteiger partial charge in [0.1, 0.15) is 0 Å².